The fraction of sp³-hybridized carbons (Fsp3) is 0.462. The summed E-state index contributed by atoms with van der Waals surface area (Å²) in [6.45, 7) is 0. The van der Waals surface area contributed by atoms with Crippen molar-refractivity contribution in [2.75, 3.05) is 5.32 Å². The lowest BCUT2D eigenvalue weighted by molar-refractivity contribution is -0.117. The van der Waals surface area contributed by atoms with Gasteiger partial charge in [-0.3, -0.25) is 4.79 Å². The Bertz CT molecular complexity index is 458. The van der Waals surface area contributed by atoms with E-state index in [9.17, 15) is 4.79 Å². The molecule has 2 rings (SSSR count). The van der Waals surface area contributed by atoms with Crippen LogP contribution in [0.25, 0.3) is 0 Å². The standard InChI is InChI=1S/C13H16BrIN2O/c14-10-7-9(3-4-11(10)15)17-12(18)8-13(16)5-1-2-6-13/h3-4,7H,1-2,5-6,8,16H2,(H,17,18). The number of hydrogen-bond donors (Lipinski definition) is 2. The van der Waals surface area contributed by atoms with Gasteiger partial charge in [0.05, 0.1) is 0 Å². The number of benzene rings is 1. The van der Waals surface area contributed by atoms with Crippen LogP contribution in [-0.4, -0.2) is 11.4 Å². The Labute approximate surface area is 129 Å². The number of rotatable bonds is 3. The van der Waals surface area contributed by atoms with E-state index in [2.05, 4.69) is 43.8 Å². The number of nitrogens with two attached hydrogens (primary N) is 1. The van der Waals surface area contributed by atoms with Crippen molar-refractivity contribution >= 4 is 50.1 Å². The van der Waals surface area contributed by atoms with Crippen LogP contribution in [0.5, 0.6) is 0 Å². The molecule has 1 aliphatic rings. The summed E-state index contributed by atoms with van der Waals surface area (Å²) in [4.78, 5) is 12.0. The molecular weight excluding hydrogens is 407 g/mol. The van der Waals surface area contributed by atoms with Crippen molar-refractivity contribution in [2.45, 2.75) is 37.6 Å². The maximum Gasteiger partial charge on any atom is 0.226 e. The van der Waals surface area contributed by atoms with E-state index in [1.54, 1.807) is 0 Å². The maximum absolute atomic E-state index is 12.0. The molecule has 0 radical (unpaired) electrons. The number of amides is 1. The molecule has 0 spiro atoms. The van der Waals surface area contributed by atoms with Crippen molar-refractivity contribution in [1.82, 2.24) is 0 Å². The second kappa shape index (κ2) is 5.88. The molecule has 1 fully saturated rings. The first-order valence-corrected chi connectivity index (χ1v) is 7.89. The summed E-state index contributed by atoms with van der Waals surface area (Å²) in [6.07, 6.45) is 4.60. The predicted octanol–water partition coefficient (Wildman–Crippen LogP) is 3.65. The fourth-order valence-electron chi connectivity index (χ4n) is 2.35. The van der Waals surface area contributed by atoms with Gasteiger partial charge in [-0.1, -0.05) is 12.8 Å². The molecule has 1 aromatic carbocycles. The summed E-state index contributed by atoms with van der Waals surface area (Å²) >= 11 is 5.69. The van der Waals surface area contributed by atoms with Crippen molar-refractivity contribution < 1.29 is 4.79 Å². The van der Waals surface area contributed by atoms with Crippen molar-refractivity contribution in [2.24, 2.45) is 5.73 Å². The van der Waals surface area contributed by atoms with E-state index in [4.69, 9.17) is 5.73 Å². The summed E-state index contributed by atoms with van der Waals surface area (Å²) in [5.41, 5.74) is 6.72. The van der Waals surface area contributed by atoms with Crippen LogP contribution in [-0.2, 0) is 4.79 Å². The minimum absolute atomic E-state index is 0.00695. The molecule has 1 aromatic rings. The highest BCUT2D eigenvalue weighted by atomic mass is 127. The van der Waals surface area contributed by atoms with Crippen molar-refractivity contribution in [3.63, 3.8) is 0 Å². The van der Waals surface area contributed by atoms with Crippen molar-refractivity contribution in [3.8, 4) is 0 Å². The molecule has 18 heavy (non-hydrogen) atoms. The molecule has 5 heteroatoms. The minimum atomic E-state index is -0.287. The molecule has 98 valence electrons. The molecule has 1 saturated carbocycles. The van der Waals surface area contributed by atoms with E-state index >= 15 is 0 Å². The van der Waals surface area contributed by atoms with Gasteiger partial charge in [-0.25, -0.2) is 0 Å². The summed E-state index contributed by atoms with van der Waals surface area (Å²) in [6, 6.07) is 5.79. The van der Waals surface area contributed by atoms with Crippen LogP contribution in [0.3, 0.4) is 0 Å². The van der Waals surface area contributed by atoms with Crippen molar-refractivity contribution in [1.29, 1.82) is 0 Å². The molecule has 0 unspecified atom stereocenters. The molecule has 1 aliphatic carbocycles. The van der Waals surface area contributed by atoms with Crippen LogP contribution in [0.4, 0.5) is 5.69 Å². The number of anilines is 1. The Balaban J connectivity index is 1.96. The second-order valence-corrected chi connectivity index (χ2v) is 6.94. The molecule has 0 aliphatic heterocycles. The quantitative estimate of drug-likeness (QED) is 0.730. The Morgan fingerprint density at radius 3 is 2.72 bits per heavy atom. The second-order valence-electron chi connectivity index (χ2n) is 4.92. The lowest BCUT2D eigenvalue weighted by atomic mass is 9.94. The SMILES string of the molecule is NC1(CC(=O)Nc2ccc(I)c(Br)c2)CCCC1. The van der Waals surface area contributed by atoms with Gasteiger partial charge in [0.1, 0.15) is 0 Å². The van der Waals surface area contributed by atoms with Gasteiger partial charge in [-0.2, -0.15) is 0 Å². The predicted molar refractivity (Wildman–Crippen MR) is 85.5 cm³/mol. The Morgan fingerprint density at radius 1 is 1.44 bits per heavy atom. The minimum Gasteiger partial charge on any atom is -0.326 e. The third kappa shape index (κ3) is 3.68. The van der Waals surface area contributed by atoms with Gasteiger partial charge >= 0.3 is 0 Å². The van der Waals surface area contributed by atoms with Gasteiger partial charge in [-0.15, -0.1) is 0 Å². The van der Waals surface area contributed by atoms with E-state index in [1.807, 2.05) is 18.2 Å². The summed E-state index contributed by atoms with van der Waals surface area (Å²) in [7, 11) is 0. The summed E-state index contributed by atoms with van der Waals surface area (Å²) < 4.78 is 2.11. The fourth-order valence-corrected chi connectivity index (χ4v) is 3.07. The van der Waals surface area contributed by atoms with E-state index in [0.29, 0.717) is 6.42 Å². The smallest absolute Gasteiger partial charge is 0.226 e. The summed E-state index contributed by atoms with van der Waals surface area (Å²) in [5, 5.41) is 2.91. The highest BCUT2D eigenvalue weighted by molar-refractivity contribution is 14.1. The molecule has 0 saturated heterocycles. The molecule has 0 aromatic heterocycles. The van der Waals surface area contributed by atoms with Gasteiger partial charge in [0.2, 0.25) is 5.91 Å². The zero-order valence-corrected chi connectivity index (χ0v) is 13.8. The van der Waals surface area contributed by atoms with Crippen LogP contribution in [0.15, 0.2) is 22.7 Å². The van der Waals surface area contributed by atoms with E-state index in [1.165, 1.54) is 0 Å². The van der Waals surface area contributed by atoms with Gasteiger partial charge < -0.3 is 11.1 Å². The molecule has 3 N–H and O–H groups in total. The average Bonchev–Trinajstić information content (AvgIpc) is 2.70. The van der Waals surface area contributed by atoms with E-state index in [-0.39, 0.29) is 11.4 Å². The van der Waals surface area contributed by atoms with Gasteiger partial charge in [-0.05, 0) is 69.6 Å². The molecule has 1 amide bonds. The van der Waals surface area contributed by atoms with Crippen LogP contribution < -0.4 is 11.1 Å². The average molecular weight is 423 g/mol. The van der Waals surface area contributed by atoms with E-state index < -0.39 is 0 Å². The van der Waals surface area contributed by atoms with E-state index in [0.717, 1.165) is 39.4 Å². The van der Waals surface area contributed by atoms with Gasteiger partial charge in [0.25, 0.3) is 0 Å². The highest BCUT2D eigenvalue weighted by Gasteiger charge is 2.31. The number of nitrogens with one attached hydrogen (secondary N) is 1. The number of halogens is 2. The zero-order valence-electron chi connectivity index (χ0n) is 10.0. The maximum atomic E-state index is 12.0. The molecule has 0 bridgehead atoms. The first-order chi connectivity index (χ1) is 8.48. The van der Waals surface area contributed by atoms with Crippen LogP contribution in [0, 0.1) is 3.57 Å². The molecule has 3 nitrogen and oxygen atoms in total. The third-order valence-corrected chi connectivity index (χ3v) is 5.65. The Hall–Kier alpha value is -0.140. The molecular formula is C13H16BrIN2O. The van der Waals surface area contributed by atoms with Crippen LogP contribution in [0.1, 0.15) is 32.1 Å². The van der Waals surface area contributed by atoms with Gasteiger partial charge in [0, 0.05) is 25.7 Å². The Kier molecular flexibility index (Phi) is 4.66. The molecule has 0 heterocycles. The first-order valence-electron chi connectivity index (χ1n) is 6.02. The van der Waals surface area contributed by atoms with Crippen molar-refractivity contribution in [3.05, 3.63) is 26.2 Å². The number of carbonyl (C=O) groups excluding carboxylic acids is 1. The normalized spacial score (nSPS) is 17.7. The van der Waals surface area contributed by atoms with Crippen LogP contribution >= 0.6 is 38.5 Å². The van der Waals surface area contributed by atoms with Gasteiger partial charge in [0.15, 0.2) is 0 Å². The largest absolute Gasteiger partial charge is 0.326 e. The zero-order chi connectivity index (χ0) is 13.2. The molecule has 0 atom stereocenters. The third-order valence-electron chi connectivity index (χ3n) is 3.32. The highest BCUT2D eigenvalue weighted by Crippen LogP contribution is 2.30. The topological polar surface area (TPSA) is 55.1 Å². The van der Waals surface area contributed by atoms with Crippen LogP contribution in [0.2, 0.25) is 0 Å². The first kappa shape index (κ1) is 14.3. The number of hydrogen-bond acceptors (Lipinski definition) is 2. The number of carbonyl (C=O) groups is 1. The summed E-state index contributed by atoms with van der Waals surface area (Å²) in [5.74, 6) is 0.00695. The monoisotopic (exact) mass is 422 g/mol. The lowest BCUT2D eigenvalue weighted by Gasteiger charge is -2.22. The lowest BCUT2D eigenvalue weighted by Crippen LogP contribution is -2.40. The Morgan fingerprint density at radius 2 is 2.11 bits per heavy atom.